The number of hydrogen-bond acceptors (Lipinski definition) is 3. The van der Waals surface area contributed by atoms with Gasteiger partial charge in [0, 0.05) is 12.6 Å². The fourth-order valence-corrected chi connectivity index (χ4v) is 2.01. The largest absolute Gasteiger partial charge is 0.480 e. The van der Waals surface area contributed by atoms with Gasteiger partial charge in [0.15, 0.2) is 0 Å². The molecule has 7 nitrogen and oxygen atoms in total. The molecule has 0 aromatic rings. The molecule has 0 aromatic carbocycles. The Morgan fingerprint density at radius 2 is 1.62 bits per heavy atom. The molecule has 0 rings (SSSR count). The predicted octanol–water partition coefficient (Wildman–Crippen LogP) is 1.04. The van der Waals surface area contributed by atoms with Crippen LogP contribution < -0.4 is 10.6 Å². The van der Waals surface area contributed by atoms with Crippen molar-refractivity contribution in [3.63, 3.8) is 0 Å². The molecule has 0 radical (unpaired) electrons. The van der Waals surface area contributed by atoms with E-state index in [4.69, 9.17) is 5.11 Å². The van der Waals surface area contributed by atoms with Gasteiger partial charge in [-0.15, -0.1) is 0 Å². The van der Waals surface area contributed by atoms with E-state index in [1.165, 1.54) is 0 Å². The highest BCUT2D eigenvalue weighted by atomic mass is 16.4. The van der Waals surface area contributed by atoms with Crippen molar-refractivity contribution in [3.8, 4) is 0 Å². The second-order valence-electron chi connectivity index (χ2n) is 5.35. The molecule has 0 saturated carbocycles. The summed E-state index contributed by atoms with van der Waals surface area (Å²) in [6.07, 6.45) is 1.70. The van der Waals surface area contributed by atoms with Gasteiger partial charge in [-0.25, -0.2) is 4.79 Å². The Morgan fingerprint density at radius 3 is 2.05 bits per heavy atom. The second kappa shape index (κ2) is 10.0. The molecule has 21 heavy (non-hydrogen) atoms. The molecule has 0 aliphatic carbocycles. The molecule has 7 heteroatoms. The zero-order valence-corrected chi connectivity index (χ0v) is 13.3. The zero-order chi connectivity index (χ0) is 16.4. The van der Waals surface area contributed by atoms with Crippen LogP contribution in [0.5, 0.6) is 0 Å². The van der Waals surface area contributed by atoms with E-state index >= 15 is 0 Å². The fourth-order valence-electron chi connectivity index (χ4n) is 2.01. The standard InChI is InChI=1S/C14H27N3O4/c1-5-11(6-2)17(9-10(3)4)14(21)16-7-12(18)15-8-13(19)20/h10-11H,5-9H2,1-4H3,(H,15,18)(H,16,21)(H,19,20). The van der Waals surface area contributed by atoms with Crippen LogP contribution in [0.4, 0.5) is 4.79 Å². The number of rotatable bonds is 9. The molecule has 0 heterocycles. The van der Waals surface area contributed by atoms with Crippen molar-refractivity contribution in [2.24, 2.45) is 5.92 Å². The highest BCUT2D eigenvalue weighted by molar-refractivity contribution is 5.86. The van der Waals surface area contributed by atoms with E-state index in [0.29, 0.717) is 12.5 Å². The summed E-state index contributed by atoms with van der Waals surface area (Å²) in [5.41, 5.74) is 0. The number of carboxylic acids is 1. The molecule has 0 unspecified atom stereocenters. The Labute approximate surface area is 126 Å². The number of aliphatic carboxylic acids is 1. The predicted molar refractivity (Wildman–Crippen MR) is 80.0 cm³/mol. The first-order valence-corrected chi connectivity index (χ1v) is 7.34. The maximum atomic E-state index is 12.2. The molecule has 0 saturated heterocycles. The van der Waals surface area contributed by atoms with Crippen molar-refractivity contribution >= 4 is 17.9 Å². The third-order valence-corrected chi connectivity index (χ3v) is 3.04. The number of carboxylic acid groups (broad SMARTS) is 1. The Morgan fingerprint density at radius 1 is 1.05 bits per heavy atom. The molecule has 0 aliphatic heterocycles. The van der Waals surface area contributed by atoms with Crippen LogP contribution in [-0.2, 0) is 9.59 Å². The van der Waals surface area contributed by atoms with Gasteiger partial charge in [0.25, 0.3) is 0 Å². The minimum Gasteiger partial charge on any atom is -0.480 e. The number of hydrogen-bond donors (Lipinski definition) is 3. The summed E-state index contributed by atoms with van der Waals surface area (Å²) >= 11 is 0. The summed E-state index contributed by atoms with van der Waals surface area (Å²) in [6, 6.07) is -0.155. The van der Waals surface area contributed by atoms with Crippen LogP contribution >= 0.6 is 0 Å². The van der Waals surface area contributed by atoms with Crippen LogP contribution in [0.1, 0.15) is 40.5 Å². The Kier molecular flexibility index (Phi) is 9.16. The van der Waals surface area contributed by atoms with Crippen molar-refractivity contribution in [3.05, 3.63) is 0 Å². The van der Waals surface area contributed by atoms with Gasteiger partial charge < -0.3 is 20.6 Å². The van der Waals surface area contributed by atoms with E-state index in [9.17, 15) is 14.4 Å². The van der Waals surface area contributed by atoms with Crippen LogP contribution in [-0.4, -0.2) is 53.6 Å². The van der Waals surface area contributed by atoms with Crippen molar-refractivity contribution in [1.29, 1.82) is 0 Å². The summed E-state index contributed by atoms with van der Waals surface area (Å²) in [7, 11) is 0. The molecular weight excluding hydrogens is 274 g/mol. The summed E-state index contributed by atoms with van der Waals surface area (Å²) in [5, 5.41) is 13.2. The molecule has 0 bridgehead atoms. The molecule has 3 amide bonds. The summed E-state index contributed by atoms with van der Waals surface area (Å²) < 4.78 is 0. The van der Waals surface area contributed by atoms with E-state index in [1.54, 1.807) is 4.90 Å². The van der Waals surface area contributed by atoms with Crippen LogP contribution in [0.25, 0.3) is 0 Å². The number of nitrogens with one attached hydrogen (secondary N) is 2. The average molecular weight is 301 g/mol. The number of amides is 3. The topological polar surface area (TPSA) is 98.7 Å². The van der Waals surface area contributed by atoms with E-state index in [-0.39, 0.29) is 18.6 Å². The molecule has 122 valence electrons. The number of carbonyl (C=O) groups is 3. The van der Waals surface area contributed by atoms with Gasteiger partial charge in [0.05, 0.1) is 6.54 Å². The van der Waals surface area contributed by atoms with Crippen molar-refractivity contribution in [1.82, 2.24) is 15.5 Å². The van der Waals surface area contributed by atoms with Crippen molar-refractivity contribution in [2.45, 2.75) is 46.6 Å². The molecular formula is C14H27N3O4. The van der Waals surface area contributed by atoms with E-state index < -0.39 is 18.4 Å². The smallest absolute Gasteiger partial charge is 0.322 e. The minimum absolute atomic E-state index is 0.134. The lowest BCUT2D eigenvalue weighted by Crippen LogP contribution is -2.50. The van der Waals surface area contributed by atoms with Gasteiger partial charge in [-0.3, -0.25) is 9.59 Å². The van der Waals surface area contributed by atoms with Gasteiger partial charge >= 0.3 is 12.0 Å². The molecule has 3 N–H and O–H groups in total. The van der Waals surface area contributed by atoms with Gasteiger partial charge in [0.2, 0.25) is 5.91 Å². The normalized spacial score (nSPS) is 10.6. The lowest BCUT2D eigenvalue weighted by molar-refractivity contribution is -0.137. The lowest BCUT2D eigenvalue weighted by atomic mass is 10.1. The molecule has 0 fully saturated rings. The molecule has 0 aliphatic rings. The summed E-state index contributed by atoms with van der Waals surface area (Å²) in [5.74, 6) is -1.30. The summed E-state index contributed by atoms with van der Waals surface area (Å²) in [4.78, 5) is 35.7. The van der Waals surface area contributed by atoms with Crippen LogP contribution in [0.15, 0.2) is 0 Å². The first-order chi connectivity index (χ1) is 9.81. The molecule has 0 spiro atoms. The quantitative estimate of drug-likeness (QED) is 0.592. The van der Waals surface area contributed by atoms with Gasteiger partial charge in [-0.2, -0.15) is 0 Å². The lowest BCUT2D eigenvalue weighted by Gasteiger charge is -2.32. The number of urea groups is 1. The Bertz CT molecular complexity index is 354. The van der Waals surface area contributed by atoms with E-state index in [1.807, 2.05) is 27.7 Å². The number of carbonyl (C=O) groups excluding carboxylic acids is 2. The third kappa shape index (κ3) is 8.16. The van der Waals surface area contributed by atoms with Gasteiger partial charge in [0.1, 0.15) is 6.54 Å². The maximum absolute atomic E-state index is 12.2. The van der Waals surface area contributed by atoms with E-state index in [2.05, 4.69) is 10.6 Å². The third-order valence-electron chi connectivity index (χ3n) is 3.04. The van der Waals surface area contributed by atoms with Crippen LogP contribution in [0, 0.1) is 5.92 Å². The second-order valence-corrected chi connectivity index (χ2v) is 5.35. The first kappa shape index (κ1) is 19.2. The number of nitrogens with zero attached hydrogens (tertiary/aromatic N) is 1. The van der Waals surface area contributed by atoms with Crippen LogP contribution in [0.2, 0.25) is 0 Å². The van der Waals surface area contributed by atoms with E-state index in [0.717, 1.165) is 12.8 Å². The zero-order valence-electron chi connectivity index (χ0n) is 13.3. The highest BCUT2D eigenvalue weighted by Crippen LogP contribution is 2.11. The maximum Gasteiger partial charge on any atom is 0.322 e. The fraction of sp³-hybridized carbons (Fsp3) is 0.786. The minimum atomic E-state index is -1.12. The van der Waals surface area contributed by atoms with Crippen molar-refractivity contribution < 1.29 is 19.5 Å². The first-order valence-electron chi connectivity index (χ1n) is 7.34. The SMILES string of the molecule is CCC(CC)N(CC(C)C)C(=O)NCC(=O)NCC(=O)O. The highest BCUT2D eigenvalue weighted by Gasteiger charge is 2.22. The molecule has 0 aromatic heterocycles. The summed E-state index contributed by atoms with van der Waals surface area (Å²) in [6.45, 7) is 8.06. The van der Waals surface area contributed by atoms with Gasteiger partial charge in [-0.05, 0) is 18.8 Å². The molecule has 0 atom stereocenters. The van der Waals surface area contributed by atoms with Gasteiger partial charge in [-0.1, -0.05) is 27.7 Å². The van der Waals surface area contributed by atoms with Crippen molar-refractivity contribution in [2.75, 3.05) is 19.6 Å². The Balaban J connectivity index is 4.46. The monoisotopic (exact) mass is 301 g/mol. The Hall–Kier alpha value is -1.79. The average Bonchev–Trinajstić information content (AvgIpc) is 2.42. The van der Waals surface area contributed by atoms with Crippen LogP contribution in [0.3, 0.4) is 0 Å².